The molecule has 0 fully saturated rings. The Morgan fingerprint density at radius 3 is 3.00 bits per heavy atom. The SMILES string of the molecule is CNC(=S)N1CCc2ccc(N)cc2C1. The lowest BCUT2D eigenvalue weighted by atomic mass is 9.99. The molecule has 0 saturated carbocycles. The van der Waals surface area contributed by atoms with E-state index in [0.717, 1.165) is 30.3 Å². The number of anilines is 1. The van der Waals surface area contributed by atoms with Crippen molar-refractivity contribution in [2.24, 2.45) is 0 Å². The molecule has 0 atom stereocenters. The van der Waals surface area contributed by atoms with Gasteiger partial charge in [0.15, 0.2) is 5.11 Å². The van der Waals surface area contributed by atoms with Gasteiger partial charge in [0.05, 0.1) is 0 Å². The fourth-order valence-electron chi connectivity index (χ4n) is 1.91. The van der Waals surface area contributed by atoms with Crippen molar-refractivity contribution in [1.29, 1.82) is 0 Å². The van der Waals surface area contributed by atoms with Crippen molar-refractivity contribution in [3.63, 3.8) is 0 Å². The second kappa shape index (κ2) is 4.06. The van der Waals surface area contributed by atoms with Gasteiger partial charge in [0.25, 0.3) is 0 Å². The number of nitrogens with two attached hydrogens (primary N) is 1. The number of hydrogen-bond donors (Lipinski definition) is 2. The van der Waals surface area contributed by atoms with E-state index in [4.69, 9.17) is 18.0 Å². The number of rotatable bonds is 0. The summed E-state index contributed by atoms with van der Waals surface area (Å²) in [5.74, 6) is 0. The van der Waals surface area contributed by atoms with Crippen molar-refractivity contribution in [3.05, 3.63) is 29.3 Å². The lowest BCUT2D eigenvalue weighted by Crippen LogP contribution is -2.41. The van der Waals surface area contributed by atoms with Gasteiger partial charge < -0.3 is 16.0 Å². The Bertz CT molecular complexity index is 389. The van der Waals surface area contributed by atoms with Crippen molar-refractivity contribution in [2.75, 3.05) is 19.3 Å². The summed E-state index contributed by atoms with van der Waals surface area (Å²) >= 11 is 5.22. The Hall–Kier alpha value is -1.29. The first kappa shape index (κ1) is 10.2. The summed E-state index contributed by atoms with van der Waals surface area (Å²) in [5.41, 5.74) is 9.27. The average Bonchev–Trinajstić information content (AvgIpc) is 2.27. The highest BCUT2D eigenvalue weighted by atomic mass is 32.1. The average molecular weight is 221 g/mol. The van der Waals surface area contributed by atoms with Crippen LogP contribution in [-0.4, -0.2) is 23.6 Å². The van der Waals surface area contributed by atoms with Crippen LogP contribution in [0.5, 0.6) is 0 Å². The molecule has 1 aromatic carbocycles. The molecule has 0 aliphatic carbocycles. The van der Waals surface area contributed by atoms with Gasteiger partial charge in [0, 0.05) is 25.8 Å². The highest BCUT2D eigenvalue weighted by Gasteiger charge is 2.17. The van der Waals surface area contributed by atoms with E-state index in [2.05, 4.69) is 16.3 Å². The van der Waals surface area contributed by atoms with Gasteiger partial charge >= 0.3 is 0 Å². The number of nitrogen functional groups attached to an aromatic ring is 1. The summed E-state index contributed by atoms with van der Waals surface area (Å²) in [7, 11) is 1.86. The molecule has 0 radical (unpaired) electrons. The van der Waals surface area contributed by atoms with E-state index in [9.17, 15) is 0 Å². The van der Waals surface area contributed by atoms with E-state index >= 15 is 0 Å². The van der Waals surface area contributed by atoms with Gasteiger partial charge in [-0.25, -0.2) is 0 Å². The summed E-state index contributed by atoms with van der Waals surface area (Å²) in [5, 5.41) is 3.81. The Morgan fingerprint density at radius 2 is 2.27 bits per heavy atom. The van der Waals surface area contributed by atoms with Crippen molar-refractivity contribution in [2.45, 2.75) is 13.0 Å². The van der Waals surface area contributed by atoms with Crippen molar-refractivity contribution in [3.8, 4) is 0 Å². The van der Waals surface area contributed by atoms with Gasteiger partial charge in [-0.15, -0.1) is 0 Å². The van der Waals surface area contributed by atoms with Gasteiger partial charge in [0.1, 0.15) is 0 Å². The minimum Gasteiger partial charge on any atom is -0.399 e. The molecule has 1 aromatic rings. The molecule has 0 aromatic heterocycles. The zero-order valence-electron chi connectivity index (χ0n) is 8.79. The zero-order chi connectivity index (χ0) is 10.8. The van der Waals surface area contributed by atoms with Crippen molar-refractivity contribution < 1.29 is 0 Å². The van der Waals surface area contributed by atoms with E-state index < -0.39 is 0 Å². The third kappa shape index (κ3) is 2.04. The molecule has 3 N–H and O–H groups in total. The molecule has 80 valence electrons. The topological polar surface area (TPSA) is 41.3 Å². The van der Waals surface area contributed by atoms with Crippen molar-refractivity contribution in [1.82, 2.24) is 10.2 Å². The smallest absolute Gasteiger partial charge is 0.168 e. The zero-order valence-corrected chi connectivity index (χ0v) is 9.60. The minimum absolute atomic E-state index is 0.808. The van der Waals surface area contributed by atoms with Gasteiger partial charge in [0.2, 0.25) is 0 Å². The fourth-order valence-corrected chi connectivity index (χ4v) is 2.06. The van der Waals surface area contributed by atoms with E-state index in [0.29, 0.717) is 0 Å². The first-order valence-corrected chi connectivity index (χ1v) is 5.45. The summed E-state index contributed by atoms with van der Waals surface area (Å²) in [6.45, 7) is 1.84. The first-order valence-electron chi connectivity index (χ1n) is 5.04. The van der Waals surface area contributed by atoms with Crippen LogP contribution in [0.2, 0.25) is 0 Å². The second-order valence-corrected chi connectivity index (χ2v) is 4.14. The third-order valence-electron chi connectivity index (χ3n) is 2.74. The van der Waals surface area contributed by atoms with E-state index in [1.807, 2.05) is 19.2 Å². The predicted octanol–water partition coefficient (Wildman–Crippen LogP) is 1.13. The number of benzene rings is 1. The van der Waals surface area contributed by atoms with Crippen LogP contribution in [0.15, 0.2) is 18.2 Å². The van der Waals surface area contributed by atoms with Gasteiger partial charge in [-0.05, 0) is 41.9 Å². The summed E-state index contributed by atoms with van der Waals surface area (Å²) in [6.07, 6.45) is 1.04. The molecule has 3 nitrogen and oxygen atoms in total. The van der Waals surface area contributed by atoms with Crippen LogP contribution in [0.25, 0.3) is 0 Å². The fraction of sp³-hybridized carbons (Fsp3) is 0.364. The maximum absolute atomic E-state index is 5.77. The maximum atomic E-state index is 5.77. The van der Waals surface area contributed by atoms with E-state index in [1.54, 1.807) is 0 Å². The number of hydrogen-bond acceptors (Lipinski definition) is 2. The van der Waals surface area contributed by atoms with Gasteiger partial charge in [-0.3, -0.25) is 0 Å². The summed E-state index contributed by atoms with van der Waals surface area (Å²) in [4.78, 5) is 2.16. The number of nitrogens with one attached hydrogen (secondary N) is 1. The largest absolute Gasteiger partial charge is 0.399 e. The minimum atomic E-state index is 0.808. The van der Waals surface area contributed by atoms with Crippen LogP contribution >= 0.6 is 12.2 Å². The Morgan fingerprint density at radius 1 is 1.47 bits per heavy atom. The Kier molecular flexibility index (Phi) is 2.77. The molecule has 2 rings (SSSR count). The molecule has 0 spiro atoms. The molecule has 1 aliphatic heterocycles. The van der Waals surface area contributed by atoms with Crippen LogP contribution in [0, 0.1) is 0 Å². The molecular weight excluding hydrogens is 206 g/mol. The summed E-state index contributed by atoms with van der Waals surface area (Å²) < 4.78 is 0. The van der Waals surface area contributed by atoms with Crippen LogP contribution in [0.4, 0.5) is 5.69 Å². The quantitative estimate of drug-likeness (QED) is 0.509. The molecular formula is C11H15N3S. The molecule has 0 unspecified atom stereocenters. The first-order chi connectivity index (χ1) is 7.20. The third-order valence-corrected chi connectivity index (χ3v) is 3.21. The van der Waals surface area contributed by atoms with Crippen LogP contribution in [0.1, 0.15) is 11.1 Å². The lowest BCUT2D eigenvalue weighted by molar-refractivity contribution is 0.390. The van der Waals surface area contributed by atoms with Crippen LogP contribution in [0.3, 0.4) is 0 Å². The number of fused-ring (bicyclic) bond motifs is 1. The molecule has 1 aliphatic rings. The monoisotopic (exact) mass is 221 g/mol. The lowest BCUT2D eigenvalue weighted by Gasteiger charge is -2.30. The predicted molar refractivity (Wildman–Crippen MR) is 66.6 cm³/mol. The van der Waals surface area contributed by atoms with Gasteiger partial charge in [-0.1, -0.05) is 6.07 Å². The highest BCUT2D eigenvalue weighted by molar-refractivity contribution is 7.80. The molecule has 1 heterocycles. The number of nitrogens with zero attached hydrogens (tertiary/aromatic N) is 1. The molecule has 0 bridgehead atoms. The van der Waals surface area contributed by atoms with Crippen molar-refractivity contribution >= 4 is 23.0 Å². The van der Waals surface area contributed by atoms with E-state index in [-0.39, 0.29) is 0 Å². The highest BCUT2D eigenvalue weighted by Crippen LogP contribution is 2.21. The molecule has 4 heteroatoms. The molecule has 0 saturated heterocycles. The van der Waals surface area contributed by atoms with Gasteiger partial charge in [-0.2, -0.15) is 0 Å². The van der Waals surface area contributed by atoms with E-state index in [1.165, 1.54) is 11.1 Å². The molecule has 15 heavy (non-hydrogen) atoms. The normalized spacial score (nSPS) is 14.6. The Balaban J connectivity index is 2.22. The second-order valence-electron chi connectivity index (χ2n) is 3.75. The standard InChI is InChI=1S/C11H15N3S/c1-13-11(15)14-5-4-8-2-3-10(12)6-9(8)7-14/h2-3,6H,4-5,7,12H2,1H3,(H,13,15). The van der Waals surface area contributed by atoms with Crippen LogP contribution in [-0.2, 0) is 13.0 Å². The van der Waals surface area contributed by atoms with Crippen LogP contribution < -0.4 is 11.1 Å². The maximum Gasteiger partial charge on any atom is 0.168 e. The Labute approximate surface area is 95.3 Å². The molecule has 0 amide bonds. The number of thiocarbonyl (C=S) groups is 1. The summed E-state index contributed by atoms with van der Waals surface area (Å²) in [6, 6.07) is 6.12.